The van der Waals surface area contributed by atoms with Crippen LogP contribution in [0.2, 0.25) is 0 Å². The average Bonchev–Trinajstić information content (AvgIpc) is 3.05. The van der Waals surface area contributed by atoms with Crippen molar-refractivity contribution in [2.75, 3.05) is 0 Å². The molecule has 2 heteroatoms. The van der Waals surface area contributed by atoms with Gasteiger partial charge in [0.2, 0.25) is 0 Å². The minimum Gasteiger partial charge on any atom is -0.355 e. The van der Waals surface area contributed by atoms with Crippen LogP contribution in [0.1, 0.15) is 11.1 Å². The van der Waals surface area contributed by atoms with Crippen molar-refractivity contribution in [2.24, 2.45) is 0 Å². The molecule has 0 amide bonds. The van der Waals surface area contributed by atoms with Crippen LogP contribution in [0.15, 0.2) is 83.4 Å². The molecule has 0 aliphatic carbocycles. The highest BCUT2D eigenvalue weighted by Gasteiger charge is 2.10. The molecule has 0 unspecified atom stereocenters. The van der Waals surface area contributed by atoms with E-state index in [9.17, 15) is 0 Å². The number of aromatic nitrogens is 1. The molecule has 1 heterocycles. The van der Waals surface area contributed by atoms with Gasteiger partial charge in [0.05, 0.1) is 5.39 Å². The Labute approximate surface area is 134 Å². The normalized spacial score (nSPS) is 11.3. The van der Waals surface area contributed by atoms with E-state index in [1.54, 1.807) is 0 Å². The molecule has 0 aliphatic heterocycles. The molecule has 0 saturated carbocycles. The van der Waals surface area contributed by atoms with Crippen molar-refractivity contribution in [2.45, 2.75) is 0 Å². The molecule has 23 heavy (non-hydrogen) atoms. The minimum absolute atomic E-state index is 0.815. The molecule has 0 saturated heterocycles. The molecular weight excluding hydrogens is 282 g/mol. The van der Waals surface area contributed by atoms with Crippen molar-refractivity contribution in [1.82, 2.24) is 5.16 Å². The summed E-state index contributed by atoms with van der Waals surface area (Å²) < 4.78 is 5.54. The van der Waals surface area contributed by atoms with Gasteiger partial charge in [-0.3, -0.25) is 0 Å². The fraction of sp³-hybridized carbons (Fsp3) is 0. The second-order valence-electron chi connectivity index (χ2n) is 5.40. The summed E-state index contributed by atoms with van der Waals surface area (Å²) in [4.78, 5) is 0. The molecule has 0 N–H and O–H groups in total. The van der Waals surface area contributed by atoms with Gasteiger partial charge >= 0.3 is 0 Å². The Morgan fingerprint density at radius 3 is 2.17 bits per heavy atom. The summed E-state index contributed by atoms with van der Waals surface area (Å²) in [6, 6.07) is 26.5. The standard InChI is InChI=1S/C21H15NO/c1-3-7-16(8-4-1)11-12-17-13-14-20-19(15-17)21(23-22-20)18-9-5-2-6-10-18/h1-15H/b12-11+. The maximum absolute atomic E-state index is 5.54. The number of hydrogen-bond donors (Lipinski definition) is 0. The summed E-state index contributed by atoms with van der Waals surface area (Å²) in [5, 5.41) is 5.19. The molecule has 110 valence electrons. The van der Waals surface area contributed by atoms with Gasteiger partial charge in [0.15, 0.2) is 5.76 Å². The zero-order valence-corrected chi connectivity index (χ0v) is 12.5. The number of hydrogen-bond acceptors (Lipinski definition) is 2. The maximum Gasteiger partial charge on any atom is 0.174 e. The molecule has 0 spiro atoms. The summed E-state index contributed by atoms with van der Waals surface area (Å²) >= 11 is 0. The zero-order chi connectivity index (χ0) is 15.5. The van der Waals surface area contributed by atoms with Gasteiger partial charge in [0.25, 0.3) is 0 Å². The van der Waals surface area contributed by atoms with E-state index < -0.39 is 0 Å². The Morgan fingerprint density at radius 2 is 1.39 bits per heavy atom. The number of rotatable bonds is 3. The quantitative estimate of drug-likeness (QED) is 0.456. The third-order valence-corrected chi connectivity index (χ3v) is 3.80. The van der Waals surface area contributed by atoms with Crippen LogP contribution < -0.4 is 0 Å². The van der Waals surface area contributed by atoms with Crippen LogP contribution in [0.3, 0.4) is 0 Å². The number of benzene rings is 3. The second kappa shape index (κ2) is 5.93. The van der Waals surface area contributed by atoms with Gasteiger partial charge < -0.3 is 4.52 Å². The lowest BCUT2D eigenvalue weighted by atomic mass is 10.1. The van der Waals surface area contributed by atoms with Crippen molar-refractivity contribution in [3.05, 3.63) is 90.0 Å². The molecule has 3 aromatic carbocycles. The first-order valence-electron chi connectivity index (χ1n) is 7.58. The molecule has 1 aromatic heterocycles. The molecule has 0 aliphatic rings. The monoisotopic (exact) mass is 297 g/mol. The fourth-order valence-electron chi connectivity index (χ4n) is 2.62. The second-order valence-corrected chi connectivity index (χ2v) is 5.40. The van der Waals surface area contributed by atoms with Crippen molar-refractivity contribution in [3.63, 3.8) is 0 Å². The predicted octanol–water partition coefficient (Wildman–Crippen LogP) is 5.67. The molecule has 0 atom stereocenters. The van der Waals surface area contributed by atoms with Gasteiger partial charge in [0, 0.05) is 5.56 Å². The van der Waals surface area contributed by atoms with Crippen LogP contribution in [-0.4, -0.2) is 5.16 Å². The van der Waals surface area contributed by atoms with Crippen LogP contribution in [0.5, 0.6) is 0 Å². The Hall–Kier alpha value is -3.13. The van der Waals surface area contributed by atoms with Gasteiger partial charge in [-0.15, -0.1) is 0 Å². The highest BCUT2D eigenvalue weighted by molar-refractivity contribution is 5.93. The SMILES string of the molecule is C(=C\c1ccc2noc(-c3ccccc3)c2c1)/c1ccccc1. The van der Waals surface area contributed by atoms with Gasteiger partial charge in [0.1, 0.15) is 5.52 Å². The van der Waals surface area contributed by atoms with E-state index in [-0.39, 0.29) is 0 Å². The third-order valence-electron chi connectivity index (χ3n) is 3.80. The molecule has 0 bridgehead atoms. The summed E-state index contributed by atoms with van der Waals surface area (Å²) in [5.41, 5.74) is 4.22. The molecule has 0 radical (unpaired) electrons. The summed E-state index contributed by atoms with van der Waals surface area (Å²) in [7, 11) is 0. The van der Waals surface area contributed by atoms with Crippen molar-refractivity contribution in [1.29, 1.82) is 0 Å². The number of fused-ring (bicyclic) bond motifs is 1. The number of nitrogens with zero attached hydrogens (tertiary/aromatic N) is 1. The van der Waals surface area contributed by atoms with E-state index in [2.05, 4.69) is 41.6 Å². The summed E-state index contributed by atoms with van der Waals surface area (Å²) in [5.74, 6) is 0.815. The predicted molar refractivity (Wildman–Crippen MR) is 94.8 cm³/mol. The summed E-state index contributed by atoms with van der Waals surface area (Å²) in [6.07, 6.45) is 4.22. The van der Waals surface area contributed by atoms with Crippen molar-refractivity contribution < 1.29 is 4.52 Å². The Kier molecular flexibility index (Phi) is 3.49. The first-order valence-corrected chi connectivity index (χ1v) is 7.58. The molecular formula is C21H15NO. The summed E-state index contributed by atoms with van der Waals surface area (Å²) in [6.45, 7) is 0. The lowest BCUT2D eigenvalue weighted by Crippen LogP contribution is -1.77. The van der Waals surface area contributed by atoms with Crippen LogP contribution in [0, 0.1) is 0 Å². The van der Waals surface area contributed by atoms with E-state index in [0.29, 0.717) is 0 Å². The topological polar surface area (TPSA) is 26.0 Å². The van der Waals surface area contributed by atoms with Gasteiger partial charge in [-0.1, -0.05) is 84.0 Å². The van der Waals surface area contributed by atoms with E-state index >= 15 is 0 Å². The molecule has 2 nitrogen and oxygen atoms in total. The molecule has 4 rings (SSSR count). The van der Waals surface area contributed by atoms with Crippen molar-refractivity contribution in [3.8, 4) is 11.3 Å². The van der Waals surface area contributed by atoms with Gasteiger partial charge in [-0.2, -0.15) is 0 Å². The molecule has 0 fully saturated rings. The van der Waals surface area contributed by atoms with E-state index in [0.717, 1.165) is 27.8 Å². The largest absolute Gasteiger partial charge is 0.355 e. The van der Waals surface area contributed by atoms with Crippen LogP contribution in [0.25, 0.3) is 34.4 Å². The van der Waals surface area contributed by atoms with Crippen LogP contribution >= 0.6 is 0 Å². The first kappa shape index (κ1) is 13.5. The Bertz CT molecular complexity index is 953. The average molecular weight is 297 g/mol. The van der Waals surface area contributed by atoms with E-state index in [1.165, 1.54) is 5.56 Å². The highest BCUT2D eigenvalue weighted by atomic mass is 16.5. The Morgan fingerprint density at radius 1 is 0.696 bits per heavy atom. The smallest absolute Gasteiger partial charge is 0.174 e. The van der Waals surface area contributed by atoms with E-state index in [4.69, 9.17) is 4.52 Å². The lowest BCUT2D eigenvalue weighted by Gasteiger charge is -1.98. The van der Waals surface area contributed by atoms with Crippen LogP contribution in [-0.2, 0) is 0 Å². The lowest BCUT2D eigenvalue weighted by molar-refractivity contribution is 0.441. The van der Waals surface area contributed by atoms with Gasteiger partial charge in [-0.25, -0.2) is 0 Å². The fourth-order valence-corrected chi connectivity index (χ4v) is 2.62. The Balaban J connectivity index is 1.74. The maximum atomic E-state index is 5.54. The zero-order valence-electron chi connectivity index (χ0n) is 12.5. The van der Waals surface area contributed by atoms with Gasteiger partial charge in [-0.05, 0) is 23.3 Å². The van der Waals surface area contributed by atoms with E-state index in [1.807, 2.05) is 54.6 Å². The first-order chi connectivity index (χ1) is 11.4. The molecule has 4 aromatic rings. The van der Waals surface area contributed by atoms with Crippen LogP contribution in [0.4, 0.5) is 0 Å². The highest BCUT2D eigenvalue weighted by Crippen LogP contribution is 2.29. The van der Waals surface area contributed by atoms with Crippen molar-refractivity contribution >= 4 is 23.1 Å². The third kappa shape index (κ3) is 2.79. The minimum atomic E-state index is 0.815.